The maximum absolute atomic E-state index is 13.2. The van der Waals surface area contributed by atoms with Crippen LogP contribution in [0.4, 0.5) is 4.39 Å². The van der Waals surface area contributed by atoms with Crippen LogP contribution in [0, 0.1) is 12.7 Å². The Bertz CT molecular complexity index is 330. The van der Waals surface area contributed by atoms with E-state index >= 15 is 0 Å². The van der Waals surface area contributed by atoms with Gasteiger partial charge in [-0.25, -0.2) is 14.4 Å². The highest BCUT2D eigenvalue weighted by Crippen LogP contribution is 2.14. The minimum atomic E-state index is -0.520. The van der Waals surface area contributed by atoms with Gasteiger partial charge in [0.05, 0.1) is 5.69 Å². The molecular formula is C11H17ClFN3. The van der Waals surface area contributed by atoms with Crippen LogP contribution in [0.1, 0.15) is 25.4 Å². The predicted molar refractivity (Wildman–Crippen MR) is 63.2 cm³/mol. The van der Waals surface area contributed by atoms with Crippen molar-refractivity contribution in [1.29, 1.82) is 0 Å². The number of likely N-dealkylation sites (N-methyl/N-ethyl adjacent to an activating group) is 1. The molecule has 90 valence electrons. The molecule has 0 spiro atoms. The molecule has 1 heterocycles. The quantitative estimate of drug-likeness (QED) is 0.747. The van der Waals surface area contributed by atoms with Crippen LogP contribution in [0.15, 0.2) is 0 Å². The van der Waals surface area contributed by atoms with Gasteiger partial charge >= 0.3 is 0 Å². The third kappa shape index (κ3) is 3.39. The molecule has 0 fully saturated rings. The van der Waals surface area contributed by atoms with E-state index in [0.717, 1.165) is 19.6 Å². The van der Waals surface area contributed by atoms with Gasteiger partial charge in [-0.2, -0.15) is 0 Å². The molecule has 0 N–H and O–H groups in total. The normalized spacial score (nSPS) is 11.1. The standard InChI is InChI=1S/C11H17ClFN3/c1-4-16(5-2)7-6-9-14-8(3)10(13)11(12)15-9/h4-7H2,1-3H3. The molecule has 1 rings (SSSR count). The Balaban J connectivity index is 2.68. The molecule has 0 aromatic carbocycles. The highest BCUT2D eigenvalue weighted by Gasteiger charge is 2.09. The summed E-state index contributed by atoms with van der Waals surface area (Å²) in [6.07, 6.45) is 0.697. The summed E-state index contributed by atoms with van der Waals surface area (Å²) < 4.78 is 13.2. The first-order chi connectivity index (χ1) is 7.58. The summed E-state index contributed by atoms with van der Waals surface area (Å²) in [7, 11) is 0. The Morgan fingerprint density at radius 1 is 1.25 bits per heavy atom. The van der Waals surface area contributed by atoms with Gasteiger partial charge in [-0.05, 0) is 20.0 Å². The van der Waals surface area contributed by atoms with Gasteiger partial charge < -0.3 is 4.90 Å². The van der Waals surface area contributed by atoms with Crippen molar-refractivity contribution >= 4 is 11.6 Å². The predicted octanol–water partition coefficient (Wildman–Crippen LogP) is 2.46. The summed E-state index contributed by atoms with van der Waals surface area (Å²) in [5, 5.41) is -0.0814. The van der Waals surface area contributed by atoms with Crippen LogP contribution in [-0.4, -0.2) is 34.5 Å². The average Bonchev–Trinajstić information content (AvgIpc) is 2.27. The first kappa shape index (κ1) is 13.3. The largest absolute Gasteiger partial charge is 0.303 e. The fourth-order valence-corrected chi connectivity index (χ4v) is 1.72. The molecule has 3 nitrogen and oxygen atoms in total. The number of aryl methyl sites for hydroxylation is 1. The van der Waals surface area contributed by atoms with Crippen molar-refractivity contribution in [3.8, 4) is 0 Å². The van der Waals surface area contributed by atoms with E-state index in [4.69, 9.17) is 11.6 Å². The first-order valence-electron chi connectivity index (χ1n) is 5.49. The van der Waals surface area contributed by atoms with Crippen molar-refractivity contribution in [2.24, 2.45) is 0 Å². The minimum Gasteiger partial charge on any atom is -0.303 e. The van der Waals surface area contributed by atoms with E-state index in [0.29, 0.717) is 17.9 Å². The highest BCUT2D eigenvalue weighted by atomic mass is 35.5. The van der Waals surface area contributed by atoms with E-state index in [1.54, 1.807) is 6.92 Å². The first-order valence-corrected chi connectivity index (χ1v) is 5.87. The van der Waals surface area contributed by atoms with Gasteiger partial charge in [-0.15, -0.1) is 0 Å². The summed E-state index contributed by atoms with van der Waals surface area (Å²) in [5.74, 6) is 0.0871. The van der Waals surface area contributed by atoms with Crippen LogP contribution >= 0.6 is 11.6 Å². The molecule has 0 radical (unpaired) electrons. The summed E-state index contributed by atoms with van der Waals surface area (Å²) >= 11 is 5.66. The van der Waals surface area contributed by atoms with Crippen LogP contribution in [0.2, 0.25) is 5.15 Å². The summed E-state index contributed by atoms with van der Waals surface area (Å²) in [6.45, 7) is 8.66. The zero-order valence-corrected chi connectivity index (χ0v) is 10.7. The van der Waals surface area contributed by atoms with Crippen molar-refractivity contribution < 1.29 is 4.39 Å². The summed E-state index contributed by atoms with van der Waals surface area (Å²) in [5.41, 5.74) is 0.314. The molecule has 0 bridgehead atoms. The molecule has 0 atom stereocenters. The molecule has 0 saturated heterocycles. The number of rotatable bonds is 5. The smallest absolute Gasteiger partial charge is 0.181 e. The Morgan fingerprint density at radius 3 is 2.38 bits per heavy atom. The van der Waals surface area contributed by atoms with Crippen molar-refractivity contribution in [3.63, 3.8) is 0 Å². The van der Waals surface area contributed by atoms with E-state index < -0.39 is 5.82 Å². The van der Waals surface area contributed by atoms with Gasteiger partial charge in [0.15, 0.2) is 11.0 Å². The fraction of sp³-hybridized carbons (Fsp3) is 0.636. The van der Waals surface area contributed by atoms with Gasteiger partial charge in [0.25, 0.3) is 0 Å². The maximum atomic E-state index is 13.2. The van der Waals surface area contributed by atoms with Crippen LogP contribution in [0.25, 0.3) is 0 Å². The van der Waals surface area contributed by atoms with Gasteiger partial charge in [0, 0.05) is 13.0 Å². The lowest BCUT2D eigenvalue weighted by atomic mass is 10.3. The molecule has 1 aromatic rings. The van der Waals surface area contributed by atoms with Crippen LogP contribution in [0.5, 0.6) is 0 Å². The molecule has 0 aliphatic heterocycles. The zero-order chi connectivity index (χ0) is 12.1. The topological polar surface area (TPSA) is 29.0 Å². The Kier molecular flexibility index (Phi) is 5.09. The van der Waals surface area contributed by atoms with E-state index in [9.17, 15) is 4.39 Å². The molecule has 0 unspecified atom stereocenters. The average molecular weight is 246 g/mol. The number of hydrogen-bond donors (Lipinski definition) is 0. The Labute approximate surface area is 101 Å². The molecule has 0 amide bonds. The summed E-state index contributed by atoms with van der Waals surface area (Å²) in [6, 6.07) is 0. The zero-order valence-electron chi connectivity index (χ0n) is 9.93. The van der Waals surface area contributed by atoms with E-state index in [2.05, 4.69) is 28.7 Å². The molecule has 0 saturated carbocycles. The van der Waals surface area contributed by atoms with Gasteiger partial charge in [-0.3, -0.25) is 0 Å². The van der Waals surface area contributed by atoms with Crippen LogP contribution < -0.4 is 0 Å². The van der Waals surface area contributed by atoms with E-state index in [1.165, 1.54) is 0 Å². The molecule has 16 heavy (non-hydrogen) atoms. The number of hydrogen-bond acceptors (Lipinski definition) is 3. The lowest BCUT2D eigenvalue weighted by Crippen LogP contribution is -2.26. The van der Waals surface area contributed by atoms with Gasteiger partial charge in [-0.1, -0.05) is 25.4 Å². The maximum Gasteiger partial charge on any atom is 0.181 e. The molecule has 5 heteroatoms. The minimum absolute atomic E-state index is 0.0814. The van der Waals surface area contributed by atoms with Crippen molar-refractivity contribution in [2.75, 3.05) is 19.6 Å². The van der Waals surface area contributed by atoms with E-state index in [-0.39, 0.29) is 5.15 Å². The fourth-order valence-electron chi connectivity index (χ4n) is 1.49. The Hall–Kier alpha value is -0.740. The molecule has 0 aliphatic carbocycles. The molecule has 1 aromatic heterocycles. The third-order valence-electron chi connectivity index (χ3n) is 2.57. The van der Waals surface area contributed by atoms with Gasteiger partial charge in [0.1, 0.15) is 5.82 Å². The van der Waals surface area contributed by atoms with Crippen LogP contribution in [-0.2, 0) is 6.42 Å². The lowest BCUT2D eigenvalue weighted by molar-refractivity contribution is 0.305. The lowest BCUT2D eigenvalue weighted by Gasteiger charge is -2.17. The molecular weight excluding hydrogens is 229 g/mol. The second-order valence-corrected chi connectivity index (χ2v) is 3.96. The highest BCUT2D eigenvalue weighted by molar-refractivity contribution is 6.29. The second-order valence-electron chi connectivity index (χ2n) is 3.61. The Morgan fingerprint density at radius 2 is 1.88 bits per heavy atom. The van der Waals surface area contributed by atoms with Crippen molar-refractivity contribution in [2.45, 2.75) is 27.2 Å². The number of halogens is 2. The summed E-state index contributed by atoms with van der Waals surface area (Å²) in [4.78, 5) is 10.3. The van der Waals surface area contributed by atoms with E-state index in [1.807, 2.05) is 0 Å². The van der Waals surface area contributed by atoms with Crippen LogP contribution in [0.3, 0.4) is 0 Å². The number of nitrogens with zero attached hydrogens (tertiary/aromatic N) is 3. The van der Waals surface area contributed by atoms with Crippen molar-refractivity contribution in [3.05, 3.63) is 22.5 Å². The number of aromatic nitrogens is 2. The SMILES string of the molecule is CCN(CC)CCc1nc(C)c(F)c(Cl)n1. The van der Waals surface area contributed by atoms with Crippen molar-refractivity contribution in [1.82, 2.24) is 14.9 Å². The molecule has 0 aliphatic rings. The van der Waals surface area contributed by atoms with Gasteiger partial charge in [0.2, 0.25) is 0 Å². The second kappa shape index (κ2) is 6.11. The third-order valence-corrected chi connectivity index (χ3v) is 2.82. The monoisotopic (exact) mass is 245 g/mol.